The molecule has 10 heteroatoms. The lowest BCUT2D eigenvalue weighted by Gasteiger charge is -2.37. The first kappa shape index (κ1) is 24.6. The predicted octanol–water partition coefficient (Wildman–Crippen LogP) is 4.04. The number of piperazine rings is 1. The first-order valence-corrected chi connectivity index (χ1v) is 13.2. The van der Waals surface area contributed by atoms with Gasteiger partial charge in [-0.1, -0.05) is 23.9 Å². The number of rotatable bonds is 8. The van der Waals surface area contributed by atoms with Gasteiger partial charge in [0.25, 0.3) is 5.91 Å². The van der Waals surface area contributed by atoms with Crippen molar-refractivity contribution >= 4 is 29.2 Å². The number of aryl methyl sites for hydroxylation is 1. The van der Waals surface area contributed by atoms with Gasteiger partial charge in [0.05, 0.1) is 17.5 Å². The van der Waals surface area contributed by atoms with Crippen molar-refractivity contribution < 1.29 is 18.3 Å². The quantitative estimate of drug-likeness (QED) is 0.358. The van der Waals surface area contributed by atoms with Gasteiger partial charge in [0.15, 0.2) is 10.9 Å². The molecule has 1 N–H and O–H groups in total. The number of hydrogen-bond donors (Lipinski definition) is 1. The fourth-order valence-corrected chi connectivity index (χ4v) is 5.24. The molecular formula is C26H30FN5O3S. The van der Waals surface area contributed by atoms with Crippen LogP contribution in [-0.2, 0) is 10.5 Å². The molecule has 2 saturated heterocycles. The third-order valence-electron chi connectivity index (χ3n) is 6.36. The second kappa shape index (κ2) is 11.3. The Labute approximate surface area is 214 Å². The summed E-state index contributed by atoms with van der Waals surface area (Å²) in [6.07, 6.45) is 2.10. The van der Waals surface area contributed by atoms with E-state index in [1.165, 1.54) is 17.8 Å². The fourth-order valence-electron chi connectivity index (χ4n) is 4.45. The van der Waals surface area contributed by atoms with Crippen molar-refractivity contribution in [1.82, 2.24) is 15.3 Å². The van der Waals surface area contributed by atoms with Gasteiger partial charge in [0, 0.05) is 51.1 Å². The molecular weight excluding hydrogens is 481 g/mol. The molecule has 0 saturated carbocycles. The number of nitrogens with one attached hydrogen (secondary N) is 1. The molecule has 1 amide bonds. The van der Waals surface area contributed by atoms with Crippen LogP contribution in [-0.4, -0.2) is 61.3 Å². The Morgan fingerprint density at radius 3 is 2.72 bits per heavy atom. The molecule has 0 spiro atoms. The van der Waals surface area contributed by atoms with Gasteiger partial charge < -0.3 is 24.3 Å². The van der Waals surface area contributed by atoms with Gasteiger partial charge in [-0.2, -0.15) is 0 Å². The zero-order chi connectivity index (χ0) is 24.9. The van der Waals surface area contributed by atoms with E-state index in [1.54, 1.807) is 12.1 Å². The Hall–Kier alpha value is -3.11. The highest BCUT2D eigenvalue weighted by Gasteiger charge is 2.22. The molecule has 36 heavy (non-hydrogen) atoms. The van der Waals surface area contributed by atoms with Crippen LogP contribution in [0.5, 0.6) is 0 Å². The van der Waals surface area contributed by atoms with Crippen LogP contribution in [0.2, 0.25) is 0 Å². The average Bonchev–Trinajstić information content (AvgIpc) is 3.59. The van der Waals surface area contributed by atoms with Crippen LogP contribution in [0.4, 0.5) is 15.9 Å². The number of thioether (sulfide) groups is 1. The van der Waals surface area contributed by atoms with Crippen molar-refractivity contribution in [3.63, 3.8) is 0 Å². The molecule has 1 unspecified atom stereocenters. The standard InChI is InChI=1S/C26H30FN5O3S/c1-18-15-24(32-12-10-31(11-13-32)22-7-3-2-6-21(22)27)30-26(29-18)36-17-20-8-9-23(35-20)25(33)28-16-19-5-4-14-34-19/h2-3,6-9,15,19H,4-5,10-14,16-17H2,1H3,(H,28,33). The molecule has 5 rings (SSSR count). The molecule has 190 valence electrons. The number of carbonyl (C=O) groups excluding carboxylic acids is 1. The van der Waals surface area contributed by atoms with E-state index in [4.69, 9.17) is 14.1 Å². The number of para-hydroxylation sites is 1. The minimum Gasteiger partial charge on any atom is -0.455 e. The van der Waals surface area contributed by atoms with Crippen molar-refractivity contribution in [2.75, 3.05) is 49.1 Å². The summed E-state index contributed by atoms with van der Waals surface area (Å²) < 4.78 is 25.4. The maximum absolute atomic E-state index is 14.2. The molecule has 1 atom stereocenters. The van der Waals surface area contributed by atoms with Crippen molar-refractivity contribution in [3.8, 4) is 0 Å². The van der Waals surface area contributed by atoms with Gasteiger partial charge in [-0.05, 0) is 44.0 Å². The molecule has 8 nitrogen and oxygen atoms in total. The normalized spacial score (nSPS) is 18.0. The van der Waals surface area contributed by atoms with Crippen LogP contribution >= 0.6 is 11.8 Å². The zero-order valence-electron chi connectivity index (χ0n) is 20.3. The van der Waals surface area contributed by atoms with Gasteiger partial charge in [0.2, 0.25) is 0 Å². The van der Waals surface area contributed by atoms with Crippen molar-refractivity contribution in [1.29, 1.82) is 0 Å². The molecule has 2 aliphatic rings. The summed E-state index contributed by atoms with van der Waals surface area (Å²) in [5, 5.41) is 3.53. The average molecular weight is 512 g/mol. The first-order valence-electron chi connectivity index (χ1n) is 12.3. The number of anilines is 2. The molecule has 2 aromatic heterocycles. The number of halogens is 1. The lowest BCUT2D eigenvalue weighted by molar-refractivity contribution is 0.0834. The number of aromatic nitrogens is 2. The Morgan fingerprint density at radius 1 is 1.14 bits per heavy atom. The lowest BCUT2D eigenvalue weighted by Crippen LogP contribution is -2.47. The minimum atomic E-state index is -0.231. The number of furan rings is 1. The van der Waals surface area contributed by atoms with Crippen LogP contribution in [0.25, 0.3) is 0 Å². The monoisotopic (exact) mass is 511 g/mol. The molecule has 0 bridgehead atoms. The second-order valence-corrected chi connectivity index (χ2v) is 9.92. The van der Waals surface area contributed by atoms with Crippen LogP contribution in [0.15, 0.2) is 52.0 Å². The second-order valence-electron chi connectivity index (χ2n) is 8.98. The molecule has 2 aliphatic heterocycles. The van der Waals surface area contributed by atoms with E-state index in [0.717, 1.165) is 57.1 Å². The zero-order valence-corrected chi connectivity index (χ0v) is 21.1. The van der Waals surface area contributed by atoms with Gasteiger partial charge in [-0.15, -0.1) is 0 Å². The minimum absolute atomic E-state index is 0.0917. The van der Waals surface area contributed by atoms with Crippen LogP contribution < -0.4 is 15.1 Å². The summed E-state index contributed by atoms with van der Waals surface area (Å²) in [6, 6.07) is 12.4. The van der Waals surface area contributed by atoms with E-state index in [2.05, 4.69) is 20.1 Å². The van der Waals surface area contributed by atoms with E-state index in [-0.39, 0.29) is 17.8 Å². The summed E-state index contributed by atoms with van der Waals surface area (Å²) in [4.78, 5) is 26.0. The summed E-state index contributed by atoms with van der Waals surface area (Å²) in [6.45, 7) is 6.14. The van der Waals surface area contributed by atoms with Crippen molar-refractivity contribution in [2.24, 2.45) is 0 Å². The Kier molecular flexibility index (Phi) is 7.72. The lowest BCUT2D eigenvalue weighted by atomic mass is 10.2. The fraction of sp³-hybridized carbons (Fsp3) is 0.423. The van der Waals surface area contributed by atoms with Gasteiger partial charge >= 0.3 is 0 Å². The summed E-state index contributed by atoms with van der Waals surface area (Å²) in [5.74, 6) is 1.94. The number of carbonyl (C=O) groups is 1. The predicted molar refractivity (Wildman–Crippen MR) is 137 cm³/mol. The highest BCUT2D eigenvalue weighted by atomic mass is 32.2. The van der Waals surface area contributed by atoms with Crippen molar-refractivity contribution in [3.05, 3.63) is 65.5 Å². The third-order valence-corrected chi connectivity index (χ3v) is 7.23. The number of hydrogen-bond acceptors (Lipinski definition) is 8. The van der Waals surface area contributed by atoms with E-state index in [0.29, 0.717) is 34.7 Å². The molecule has 3 aromatic rings. The summed E-state index contributed by atoms with van der Waals surface area (Å²) in [7, 11) is 0. The highest BCUT2D eigenvalue weighted by Crippen LogP contribution is 2.26. The molecule has 1 aromatic carbocycles. The van der Waals surface area contributed by atoms with Crippen LogP contribution in [0.3, 0.4) is 0 Å². The highest BCUT2D eigenvalue weighted by molar-refractivity contribution is 7.98. The van der Waals surface area contributed by atoms with E-state index < -0.39 is 0 Å². The van der Waals surface area contributed by atoms with E-state index in [1.807, 2.05) is 31.2 Å². The Bertz CT molecular complexity index is 1190. The van der Waals surface area contributed by atoms with Crippen LogP contribution in [0.1, 0.15) is 34.9 Å². The SMILES string of the molecule is Cc1cc(N2CCN(c3ccccc3F)CC2)nc(SCc2ccc(C(=O)NCC3CCCO3)o2)n1. The number of ether oxygens (including phenoxy) is 1. The Morgan fingerprint density at radius 2 is 1.94 bits per heavy atom. The Balaban J connectivity index is 1.15. The maximum atomic E-state index is 14.2. The molecule has 0 aliphatic carbocycles. The molecule has 0 radical (unpaired) electrons. The van der Waals surface area contributed by atoms with Crippen molar-refractivity contribution in [2.45, 2.75) is 36.8 Å². The van der Waals surface area contributed by atoms with Crippen LogP contribution in [0, 0.1) is 12.7 Å². The summed E-state index contributed by atoms with van der Waals surface area (Å²) >= 11 is 1.47. The smallest absolute Gasteiger partial charge is 0.287 e. The number of amides is 1. The summed E-state index contributed by atoms with van der Waals surface area (Å²) in [5.41, 5.74) is 1.53. The van der Waals surface area contributed by atoms with E-state index in [9.17, 15) is 9.18 Å². The third kappa shape index (κ3) is 5.99. The van der Waals surface area contributed by atoms with E-state index >= 15 is 0 Å². The van der Waals surface area contributed by atoms with Gasteiger partial charge in [-0.3, -0.25) is 4.79 Å². The first-order chi connectivity index (χ1) is 17.5. The van der Waals surface area contributed by atoms with Gasteiger partial charge in [0.1, 0.15) is 17.4 Å². The largest absolute Gasteiger partial charge is 0.455 e. The number of nitrogens with zero attached hydrogens (tertiary/aromatic N) is 4. The molecule has 4 heterocycles. The maximum Gasteiger partial charge on any atom is 0.287 e. The molecule has 2 fully saturated rings. The van der Waals surface area contributed by atoms with Gasteiger partial charge in [-0.25, -0.2) is 14.4 Å². The number of benzene rings is 1. The topological polar surface area (TPSA) is 83.7 Å².